The fourth-order valence-corrected chi connectivity index (χ4v) is 5.25. The van der Waals surface area contributed by atoms with Gasteiger partial charge < -0.3 is 9.47 Å². The molecule has 0 unspecified atom stereocenters. The number of thioether (sulfide) groups is 1. The number of hydrogen-bond donors (Lipinski definition) is 0. The lowest BCUT2D eigenvalue weighted by Crippen LogP contribution is -2.28. The van der Waals surface area contributed by atoms with E-state index in [-0.39, 0.29) is 12.3 Å². The number of halogens is 2. The van der Waals surface area contributed by atoms with E-state index >= 15 is 0 Å². The minimum atomic E-state index is -3.67. The molecule has 0 bridgehead atoms. The summed E-state index contributed by atoms with van der Waals surface area (Å²) >= 11 is 1.56. The Morgan fingerprint density at radius 3 is 2.60 bits per heavy atom. The zero-order valence-electron chi connectivity index (χ0n) is 16.9. The number of alkyl halides is 2. The molecule has 162 valence electrons. The Hall–Kier alpha value is -2.10. The fraction of sp³-hybridized carbons (Fsp3) is 0.333. The number of sulfonamides is 1. The van der Waals surface area contributed by atoms with E-state index in [1.54, 1.807) is 38.1 Å². The third-order valence-corrected chi connectivity index (χ3v) is 7.60. The summed E-state index contributed by atoms with van der Waals surface area (Å²) in [6.45, 7) is -2.69. The normalized spacial score (nSPS) is 13.9. The Bertz CT molecular complexity index is 1050. The number of fused-ring (bicyclic) bond motifs is 1. The molecule has 0 N–H and O–H groups in total. The Morgan fingerprint density at radius 2 is 1.93 bits per heavy atom. The molecule has 1 aliphatic carbocycles. The van der Waals surface area contributed by atoms with E-state index in [4.69, 9.17) is 4.74 Å². The number of methoxy groups -OCH3 is 1. The van der Waals surface area contributed by atoms with Gasteiger partial charge in [-0.25, -0.2) is 8.42 Å². The number of aryl methyl sites for hydroxylation is 1. The van der Waals surface area contributed by atoms with Gasteiger partial charge in [0.1, 0.15) is 11.5 Å². The van der Waals surface area contributed by atoms with Gasteiger partial charge in [-0.05, 0) is 66.1 Å². The van der Waals surface area contributed by atoms with Gasteiger partial charge in [0.2, 0.25) is 10.0 Å². The number of rotatable bonds is 8. The zero-order valence-corrected chi connectivity index (χ0v) is 18.5. The minimum Gasteiger partial charge on any atom is -0.496 e. The van der Waals surface area contributed by atoms with E-state index in [9.17, 15) is 17.2 Å². The highest BCUT2D eigenvalue weighted by atomic mass is 32.2. The van der Waals surface area contributed by atoms with Crippen molar-refractivity contribution in [2.75, 3.05) is 20.4 Å². The third kappa shape index (κ3) is 4.96. The van der Waals surface area contributed by atoms with Gasteiger partial charge in [0.15, 0.2) is 0 Å². The van der Waals surface area contributed by atoms with Crippen LogP contribution in [0.1, 0.15) is 23.1 Å². The van der Waals surface area contributed by atoms with Gasteiger partial charge in [0.25, 0.3) is 0 Å². The summed E-state index contributed by atoms with van der Waals surface area (Å²) in [6, 6.07) is 10.2. The first kappa shape index (κ1) is 22.6. The predicted octanol–water partition coefficient (Wildman–Crippen LogP) is 4.77. The van der Waals surface area contributed by atoms with E-state index in [0.29, 0.717) is 29.1 Å². The minimum absolute atomic E-state index is 0.0724. The second-order valence-electron chi connectivity index (χ2n) is 6.80. The molecule has 0 heterocycles. The van der Waals surface area contributed by atoms with E-state index in [2.05, 4.69) is 4.74 Å². The largest absolute Gasteiger partial charge is 0.496 e. The summed E-state index contributed by atoms with van der Waals surface area (Å²) in [7, 11) is -0.544. The smallest absolute Gasteiger partial charge is 0.387 e. The van der Waals surface area contributed by atoms with Crippen molar-refractivity contribution in [1.29, 1.82) is 0 Å². The lowest BCUT2D eigenvalue weighted by molar-refractivity contribution is -0.0498. The Balaban J connectivity index is 1.80. The van der Waals surface area contributed by atoms with Gasteiger partial charge in [0.05, 0.1) is 12.0 Å². The molecule has 9 heteroatoms. The van der Waals surface area contributed by atoms with Crippen molar-refractivity contribution < 1.29 is 26.7 Å². The summed E-state index contributed by atoms with van der Waals surface area (Å²) in [5.41, 5.74) is 2.30. The maximum Gasteiger partial charge on any atom is 0.387 e. The maximum absolute atomic E-state index is 13.1. The average molecular weight is 456 g/mol. The molecular weight excluding hydrogens is 432 g/mol. The van der Waals surface area contributed by atoms with Crippen LogP contribution in [0.15, 0.2) is 46.2 Å². The predicted molar refractivity (Wildman–Crippen MR) is 115 cm³/mol. The molecule has 30 heavy (non-hydrogen) atoms. The van der Waals surface area contributed by atoms with Crippen molar-refractivity contribution in [1.82, 2.24) is 4.31 Å². The van der Waals surface area contributed by atoms with Crippen molar-refractivity contribution in [3.63, 3.8) is 0 Å². The van der Waals surface area contributed by atoms with Crippen LogP contribution in [0, 0.1) is 0 Å². The van der Waals surface area contributed by atoms with Crippen molar-refractivity contribution >= 4 is 27.9 Å². The second kappa shape index (κ2) is 9.36. The number of hydrogen-bond acceptors (Lipinski definition) is 5. The van der Waals surface area contributed by atoms with Crippen molar-refractivity contribution in [3.05, 3.63) is 58.0 Å². The van der Waals surface area contributed by atoms with Crippen LogP contribution in [0.2, 0.25) is 0 Å². The lowest BCUT2D eigenvalue weighted by atomic mass is 9.97. The quantitative estimate of drug-likeness (QED) is 0.537. The number of allylic oxidation sites excluding steroid dienone is 1. The summed E-state index contributed by atoms with van der Waals surface area (Å²) < 4.78 is 62.1. The topological polar surface area (TPSA) is 55.8 Å². The van der Waals surface area contributed by atoms with Gasteiger partial charge >= 0.3 is 6.61 Å². The van der Waals surface area contributed by atoms with Gasteiger partial charge in [0, 0.05) is 18.5 Å². The lowest BCUT2D eigenvalue weighted by Gasteiger charge is -2.23. The first-order chi connectivity index (χ1) is 14.2. The molecule has 0 amide bonds. The van der Waals surface area contributed by atoms with Crippen molar-refractivity contribution in [2.24, 2.45) is 0 Å². The van der Waals surface area contributed by atoms with E-state index < -0.39 is 16.6 Å². The average Bonchev–Trinajstić information content (AvgIpc) is 2.72. The van der Waals surface area contributed by atoms with Crippen molar-refractivity contribution in [2.45, 2.75) is 30.9 Å². The van der Waals surface area contributed by atoms with Gasteiger partial charge in [-0.15, -0.1) is 11.8 Å². The molecule has 0 aromatic heterocycles. The van der Waals surface area contributed by atoms with Crippen LogP contribution in [-0.2, 0) is 23.0 Å². The molecule has 0 fully saturated rings. The Kier molecular flexibility index (Phi) is 7.05. The summed E-state index contributed by atoms with van der Waals surface area (Å²) in [6.07, 6.45) is 4.29. The molecule has 0 spiro atoms. The molecule has 0 aliphatic heterocycles. The molecule has 1 aliphatic rings. The van der Waals surface area contributed by atoms with Gasteiger partial charge in [-0.3, -0.25) is 0 Å². The van der Waals surface area contributed by atoms with Crippen LogP contribution >= 0.6 is 11.8 Å². The first-order valence-corrected chi connectivity index (χ1v) is 11.9. The molecule has 3 rings (SSSR count). The van der Waals surface area contributed by atoms with Crippen LogP contribution < -0.4 is 9.47 Å². The van der Waals surface area contributed by atoms with Gasteiger partial charge in [-0.1, -0.05) is 12.1 Å². The van der Waals surface area contributed by atoms with Crippen molar-refractivity contribution in [3.8, 4) is 11.5 Å². The van der Waals surface area contributed by atoms with Crippen LogP contribution in [0.3, 0.4) is 0 Å². The van der Waals surface area contributed by atoms with Crippen LogP contribution in [0.5, 0.6) is 11.5 Å². The molecule has 5 nitrogen and oxygen atoms in total. The number of benzene rings is 2. The van der Waals surface area contributed by atoms with E-state index in [1.807, 2.05) is 24.5 Å². The van der Waals surface area contributed by atoms with E-state index in [1.165, 1.54) is 16.4 Å². The first-order valence-electron chi connectivity index (χ1n) is 9.20. The monoisotopic (exact) mass is 455 g/mol. The second-order valence-corrected chi connectivity index (χ2v) is 9.75. The molecule has 0 saturated carbocycles. The number of nitrogens with zero attached hydrogens (tertiary/aromatic N) is 1. The Labute approximate surface area is 179 Å². The highest BCUT2D eigenvalue weighted by Gasteiger charge is 2.26. The molecule has 0 saturated heterocycles. The van der Waals surface area contributed by atoms with Crippen LogP contribution in [0.4, 0.5) is 8.78 Å². The number of ether oxygens (including phenoxy) is 2. The summed E-state index contributed by atoms with van der Waals surface area (Å²) in [5, 5.41) is 0. The summed E-state index contributed by atoms with van der Waals surface area (Å²) in [4.78, 5) is 1.28. The Morgan fingerprint density at radius 1 is 1.17 bits per heavy atom. The van der Waals surface area contributed by atoms with Gasteiger partial charge in [-0.2, -0.15) is 13.1 Å². The van der Waals surface area contributed by atoms with Crippen LogP contribution in [0.25, 0.3) is 6.08 Å². The fourth-order valence-electron chi connectivity index (χ4n) is 3.34. The summed E-state index contributed by atoms with van der Waals surface area (Å²) in [5.74, 6) is 0.779. The van der Waals surface area contributed by atoms with E-state index in [0.717, 1.165) is 16.0 Å². The molecule has 0 atom stereocenters. The molecule has 2 aromatic rings. The standard InChI is InChI=1S/C21H23F2NO4S2/c1-24(13-14-4-9-20(29-3)19(10-14)27-2)30(25,26)18-8-6-15-11-17(28-21(22)23)7-5-16(15)12-18/h4-5,7,9-12,21H,6,8,13H2,1-3H3. The molecule has 0 radical (unpaired) electrons. The SMILES string of the molecule is COc1cc(CN(C)S(=O)(=O)C2=Cc3ccc(OC(F)F)cc3CC2)ccc1SC. The third-order valence-electron chi connectivity index (χ3n) is 4.89. The molecular formula is C21H23F2NO4S2. The van der Waals surface area contributed by atoms with Crippen LogP contribution in [-0.4, -0.2) is 39.7 Å². The highest BCUT2D eigenvalue weighted by molar-refractivity contribution is 7.98. The highest BCUT2D eigenvalue weighted by Crippen LogP contribution is 2.33. The zero-order chi connectivity index (χ0) is 21.9. The maximum atomic E-state index is 13.1. The molecule has 2 aromatic carbocycles.